The minimum atomic E-state index is -0.699. The summed E-state index contributed by atoms with van der Waals surface area (Å²) in [5.41, 5.74) is -0.435. The molecule has 0 amide bonds. The molecule has 6 unspecified atom stereocenters. The van der Waals surface area contributed by atoms with Gasteiger partial charge in [0.1, 0.15) is 11.9 Å². The van der Waals surface area contributed by atoms with Crippen LogP contribution in [0.4, 0.5) is 0 Å². The lowest BCUT2D eigenvalue weighted by molar-refractivity contribution is -0.200. The van der Waals surface area contributed by atoms with Crippen LogP contribution in [-0.4, -0.2) is 23.6 Å². The van der Waals surface area contributed by atoms with E-state index in [1.165, 1.54) is 6.92 Å². The highest BCUT2D eigenvalue weighted by molar-refractivity contribution is 6.06. The number of hydrogen-bond acceptors (Lipinski definition) is 4. The van der Waals surface area contributed by atoms with E-state index < -0.39 is 5.41 Å². The zero-order valence-corrected chi connectivity index (χ0v) is 16.4. The van der Waals surface area contributed by atoms with Crippen molar-refractivity contribution in [1.29, 1.82) is 0 Å². The summed E-state index contributed by atoms with van der Waals surface area (Å²) >= 11 is 0. The van der Waals surface area contributed by atoms with Crippen LogP contribution >= 0.6 is 0 Å². The molecule has 4 heteroatoms. The number of Topliss-reactive ketones (excluding diaryl/α,β-unsaturated/α-hetero) is 2. The van der Waals surface area contributed by atoms with Gasteiger partial charge in [-0.15, -0.1) is 0 Å². The average Bonchev–Trinajstić information content (AvgIpc) is 2.66. The van der Waals surface area contributed by atoms with E-state index in [9.17, 15) is 14.4 Å². The lowest BCUT2D eigenvalue weighted by Gasteiger charge is -2.63. The third-order valence-corrected chi connectivity index (χ3v) is 8.15. The Morgan fingerprint density at radius 1 is 1.19 bits per heavy atom. The summed E-state index contributed by atoms with van der Waals surface area (Å²) in [6.07, 6.45) is 4.39. The van der Waals surface area contributed by atoms with Crippen molar-refractivity contribution in [1.82, 2.24) is 0 Å². The molecule has 0 heterocycles. The summed E-state index contributed by atoms with van der Waals surface area (Å²) in [5.74, 6) is -0.0959. The predicted molar refractivity (Wildman–Crippen MR) is 97.2 cm³/mol. The number of ether oxygens (including phenoxy) is 1. The van der Waals surface area contributed by atoms with Gasteiger partial charge >= 0.3 is 5.97 Å². The highest BCUT2D eigenvalue weighted by Crippen LogP contribution is 2.70. The van der Waals surface area contributed by atoms with Gasteiger partial charge in [0.2, 0.25) is 0 Å². The molecule has 0 aromatic rings. The van der Waals surface area contributed by atoms with E-state index in [1.807, 2.05) is 0 Å². The number of rotatable bonds is 1. The lowest BCUT2D eigenvalue weighted by atomic mass is 9.40. The third kappa shape index (κ3) is 2.10. The number of ketones is 2. The normalized spacial score (nSPS) is 46.5. The number of allylic oxidation sites excluding steroid dienone is 1. The number of hydrogen-bond donors (Lipinski definition) is 0. The number of fused-ring (bicyclic) bond motifs is 3. The van der Waals surface area contributed by atoms with E-state index in [1.54, 1.807) is 0 Å². The van der Waals surface area contributed by atoms with E-state index >= 15 is 0 Å². The third-order valence-electron chi connectivity index (χ3n) is 8.15. The highest BCUT2D eigenvalue weighted by atomic mass is 16.5. The average molecular weight is 358 g/mol. The molecule has 4 fully saturated rings. The fraction of sp³-hybridized carbons (Fsp3) is 0.773. The van der Waals surface area contributed by atoms with Crippen molar-refractivity contribution < 1.29 is 19.1 Å². The molecule has 4 rings (SSSR count). The van der Waals surface area contributed by atoms with Crippen LogP contribution in [0, 0.1) is 34.0 Å². The Balaban J connectivity index is 1.89. The van der Waals surface area contributed by atoms with Crippen molar-refractivity contribution in [2.75, 3.05) is 0 Å². The molecule has 4 aliphatic rings. The van der Waals surface area contributed by atoms with E-state index in [4.69, 9.17) is 4.74 Å². The minimum Gasteiger partial charge on any atom is -0.462 e. The topological polar surface area (TPSA) is 60.4 Å². The van der Waals surface area contributed by atoms with Crippen molar-refractivity contribution in [3.05, 3.63) is 12.2 Å². The molecule has 4 saturated carbocycles. The minimum absolute atomic E-state index is 0.0488. The van der Waals surface area contributed by atoms with Gasteiger partial charge in [-0.05, 0) is 48.0 Å². The van der Waals surface area contributed by atoms with Crippen molar-refractivity contribution in [3.63, 3.8) is 0 Å². The second kappa shape index (κ2) is 5.30. The lowest BCUT2D eigenvalue weighted by Crippen LogP contribution is -2.64. The molecule has 2 bridgehead atoms. The summed E-state index contributed by atoms with van der Waals surface area (Å²) in [7, 11) is 0. The molecule has 4 aliphatic carbocycles. The van der Waals surface area contributed by atoms with E-state index in [2.05, 4.69) is 27.4 Å². The molecule has 0 aliphatic heterocycles. The van der Waals surface area contributed by atoms with Crippen molar-refractivity contribution in [3.8, 4) is 0 Å². The van der Waals surface area contributed by atoms with Gasteiger partial charge in [0, 0.05) is 30.6 Å². The van der Waals surface area contributed by atoms with Crippen LogP contribution in [0.15, 0.2) is 12.2 Å². The molecule has 0 aromatic carbocycles. The molecular formula is C22H30O4. The fourth-order valence-corrected chi connectivity index (χ4v) is 7.73. The fourth-order valence-electron chi connectivity index (χ4n) is 7.73. The highest BCUT2D eigenvalue weighted by Gasteiger charge is 2.72. The number of esters is 1. The Morgan fingerprint density at radius 2 is 1.88 bits per heavy atom. The molecule has 1 spiro atoms. The maximum Gasteiger partial charge on any atom is 0.302 e. The first-order chi connectivity index (χ1) is 12.0. The second-order valence-corrected chi connectivity index (χ2v) is 10.2. The standard InChI is InChI=1S/C22H30O4/c1-12-14-9-16(26-13(2)23)18-21(5)8-6-7-20(3,4)17(21)15(24)11-22(18,10-14)19(12)25/h14,16-18H,1,6-11H2,2-5H3. The maximum atomic E-state index is 13.4. The van der Waals surface area contributed by atoms with E-state index in [0.717, 1.165) is 19.3 Å². The zero-order chi connectivity index (χ0) is 19.1. The SMILES string of the molecule is C=C1C(=O)C23CC(=O)C4C(C)(C)CCCC4(C)C2C(OC(C)=O)CC1C3. The molecule has 142 valence electrons. The summed E-state index contributed by atoms with van der Waals surface area (Å²) < 4.78 is 5.81. The molecule has 0 N–H and O–H groups in total. The molecule has 4 nitrogen and oxygen atoms in total. The van der Waals surface area contributed by atoms with Crippen LogP contribution in [-0.2, 0) is 19.1 Å². The smallest absolute Gasteiger partial charge is 0.302 e. The van der Waals surface area contributed by atoms with Gasteiger partial charge in [-0.3, -0.25) is 14.4 Å². The zero-order valence-electron chi connectivity index (χ0n) is 16.4. The van der Waals surface area contributed by atoms with Crippen LogP contribution < -0.4 is 0 Å². The van der Waals surface area contributed by atoms with E-state index in [0.29, 0.717) is 24.8 Å². The van der Waals surface area contributed by atoms with Gasteiger partial charge in [-0.2, -0.15) is 0 Å². The Morgan fingerprint density at radius 3 is 2.54 bits per heavy atom. The van der Waals surface area contributed by atoms with Gasteiger partial charge in [0.15, 0.2) is 5.78 Å². The first-order valence-corrected chi connectivity index (χ1v) is 9.96. The Labute approximate surface area is 155 Å². The molecule has 26 heavy (non-hydrogen) atoms. The van der Waals surface area contributed by atoms with Crippen LogP contribution in [0.3, 0.4) is 0 Å². The van der Waals surface area contributed by atoms with Gasteiger partial charge in [0.25, 0.3) is 0 Å². The molecular weight excluding hydrogens is 328 g/mol. The van der Waals surface area contributed by atoms with Gasteiger partial charge in [-0.1, -0.05) is 33.8 Å². The number of carbonyl (C=O) groups excluding carboxylic acids is 3. The summed E-state index contributed by atoms with van der Waals surface area (Å²) in [4.78, 5) is 38.5. The van der Waals surface area contributed by atoms with Crippen molar-refractivity contribution in [2.24, 2.45) is 34.0 Å². The first-order valence-electron chi connectivity index (χ1n) is 9.96. The molecule has 6 atom stereocenters. The first kappa shape index (κ1) is 17.9. The Hall–Kier alpha value is -1.45. The Bertz CT molecular complexity index is 720. The second-order valence-electron chi connectivity index (χ2n) is 10.2. The van der Waals surface area contributed by atoms with Gasteiger partial charge in [0.05, 0.1) is 0 Å². The van der Waals surface area contributed by atoms with Gasteiger partial charge in [-0.25, -0.2) is 0 Å². The number of carbonyl (C=O) groups is 3. The summed E-state index contributed by atoms with van der Waals surface area (Å²) in [5, 5.41) is 0. The van der Waals surface area contributed by atoms with Crippen molar-refractivity contribution >= 4 is 17.5 Å². The van der Waals surface area contributed by atoms with E-state index in [-0.39, 0.29) is 52.2 Å². The Kier molecular flexibility index (Phi) is 3.65. The molecule has 0 radical (unpaired) electrons. The molecule has 0 aromatic heterocycles. The monoisotopic (exact) mass is 358 g/mol. The predicted octanol–water partition coefficient (Wildman–Crippen LogP) is 3.88. The van der Waals surface area contributed by atoms with Gasteiger partial charge < -0.3 is 4.74 Å². The summed E-state index contributed by atoms with van der Waals surface area (Å²) in [6.45, 7) is 12.1. The van der Waals surface area contributed by atoms with Crippen LogP contribution in [0.2, 0.25) is 0 Å². The van der Waals surface area contributed by atoms with Crippen LogP contribution in [0.25, 0.3) is 0 Å². The van der Waals surface area contributed by atoms with Crippen LogP contribution in [0.5, 0.6) is 0 Å². The van der Waals surface area contributed by atoms with Crippen molar-refractivity contribution in [2.45, 2.75) is 72.3 Å². The largest absolute Gasteiger partial charge is 0.462 e. The van der Waals surface area contributed by atoms with Crippen LogP contribution in [0.1, 0.15) is 66.2 Å². The maximum absolute atomic E-state index is 13.4. The summed E-state index contributed by atoms with van der Waals surface area (Å²) in [6, 6.07) is 0. The quantitative estimate of drug-likeness (QED) is 0.527. The molecule has 0 saturated heterocycles.